The molecule has 0 fully saturated rings. The van der Waals surface area contributed by atoms with Gasteiger partial charge in [-0.1, -0.05) is 39.5 Å². The zero-order valence-electron chi connectivity index (χ0n) is 11.3. The highest BCUT2D eigenvalue weighted by Gasteiger charge is 2.30. The normalized spacial score (nSPS) is 12.3. The standard InChI is InChI=1S/C13H24O4/c1-5-7-8-10(6-2)9-11(12(14)16-3)13(15)17-4/h10-11H,5-9H2,1-4H3. The van der Waals surface area contributed by atoms with Gasteiger partial charge in [0.1, 0.15) is 0 Å². The van der Waals surface area contributed by atoms with E-state index in [0.717, 1.165) is 25.7 Å². The predicted octanol–water partition coefficient (Wildman–Crippen LogP) is 2.56. The van der Waals surface area contributed by atoms with E-state index in [1.54, 1.807) is 0 Å². The molecule has 0 aliphatic carbocycles. The Morgan fingerprint density at radius 1 is 1.06 bits per heavy atom. The van der Waals surface area contributed by atoms with Crippen molar-refractivity contribution in [3.63, 3.8) is 0 Å². The minimum atomic E-state index is -0.771. The van der Waals surface area contributed by atoms with Gasteiger partial charge in [0.2, 0.25) is 0 Å². The molecule has 0 aromatic heterocycles. The Hall–Kier alpha value is -1.06. The first-order valence-corrected chi connectivity index (χ1v) is 6.26. The first kappa shape index (κ1) is 15.9. The molecule has 0 heterocycles. The van der Waals surface area contributed by atoms with Crippen molar-refractivity contribution in [1.82, 2.24) is 0 Å². The number of carbonyl (C=O) groups is 2. The van der Waals surface area contributed by atoms with Crippen molar-refractivity contribution in [2.24, 2.45) is 11.8 Å². The third-order valence-corrected chi connectivity index (χ3v) is 3.08. The average Bonchev–Trinajstić information content (AvgIpc) is 2.37. The van der Waals surface area contributed by atoms with Crippen LogP contribution in [0.1, 0.15) is 46.0 Å². The monoisotopic (exact) mass is 244 g/mol. The van der Waals surface area contributed by atoms with Gasteiger partial charge in [-0.25, -0.2) is 0 Å². The highest BCUT2D eigenvalue weighted by atomic mass is 16.5. The summed E-state index contributed by atoms with van der Waals surface area (Å²) in [7, 11) is 2.59. The molecular formula is C13H24O4. The third kappa shape index (κ3) is 5.71. The van der Waals surface area contributed by atoms with E-state index in [1.165, 1.54) is 14.2 Å². The maximum Gasteiger partial charge on any atom is 0.320 e. The van der Waals surface area contributed by atoms with Crippen molar-refractivity contribution in [3.8, 4) is 0 Å². The van der Waals surface area contributed by atoms with Gasteiger partial charge in [-0.2, -0.15) is 0 Å². The Morgan fingerprint density at radius 2 is 1.59 bits per heavy atom. The fraction of sp³-hybridized carbons (Fsp3) is 0.846. The Morgan fingerprint density at radius 3 is 1.94 bits per heavy atom. The zero-order valence-corrected chi connectivity index (χ0v) is 11.3. The predicted molar refractivity (Wildman–Crippen MR) is 65.4 cm³/mol. The molecular weight excluding hydrogens is 220 g/mol. The van der Waals surface area contributed by atoms with Gasteiger partial charge < -0.3 is 9.47 Å². The highest BCUT2D eigenvalue weighted by molar-refractivity contribution is 5.94. The Labute approximate surface area is 104 Å². The van der Waals surface area contributed by atoms with E-state index in [4.69, 9.17) is 0 Å². The fourth-order valence-corrected chi connectivity index (χ4v) is 1.89. The second-order valence-corrected chi connectivity index (χ2v) is 4.25. The van der Waals surface area contributed by atoms with Gasteiger partial charge in [0.25, 0.3) is 0 Å². The molecule has 4 heteroatoms. The summed E-state index contributed by atoms with van der Waals surface area (Å²) in [4.78, 5) is 23.0. The maximum atomic E-state index is 11.5. The Balaban J connectivity index is 4.48. The van der Waals surface area contributed by atoms with Crippen LogP contribution in [0.3, 0.4) is 0 Å². The second-order valence-electron chi connectivity index (χ2n) is 4.25. The SMILES string of the molecule is CCCCC(CC)CC(C(=O)OC)C(=O)OC. The first-order valence-electron chi connectivity index (χ1n) is 6.26. The van der Waals surface area contributed by atoms with E-state index in [2.05, 4.69) is 23.3 Å². The van der Waals surface area contributed by atoms with Crippen LogP contribution in [-0.4, -0.2) is 26.2 Å². The lowest BCUT2D eigenvalue weighted by Crippen LogP contribution is -2.28. The third-order valence-electron chi connectivity index (χ3n) is 3.08. The molecule has 0 aromatic carbocycles. The van der Waals surface area contributed by atoms with E-state index >= 15 is 0 Å². The summed E-state index contributed by atoms with van der Waals surface area (Å²) >= 11 is 0. The van der Waals surface area contributed by atoms with E-state index in [1.807, 2.05) is 0 Å². The molecule has 0 aliphatic heterocycles. The molecule has 0 saturated carbocycles. The largest absolute Gasteiger partial charge is 0.468 e. The lowest BCUT2D eigenvalue weighted by Gasteiger charge is -2.19. The van der Waals surface area contributed by atoms with Crippen LogP contribution in [0.5, 0.6) is 0 Å². The average molecular weight is 244 g/mol. The van der Waals surface area contributed by atoms with Crippen LogP contribution in [0.25, 0.3) is 0 Å². The van der Waals surface area contributed by atoms with Gasteiger partial charge in [0.05, 0.1) is 14.2 Å². The summed E-state index contributed by atoms with van der Waals surface area (Å²) in [6, 6.07) is 0. The maximum absolute atomic E-state index is 11.5. The molecule has 100 valence electrons. The zero-order chi connectivity index (χ0) is 13.3. The van der Waals surface area contributed by atoms with Gasteiger partial charge in [-0.05, 0) is 12.3 Å². The minimum absolute atomic E-state index is 0.373. The van der Waals surface area contributed by atoms with E-state index in [-0.39, 0.29) is 0 Å². The van der Waals surface area contributed by atoms with Crippen LogP contribution in [0.2, 0.25) is 0 Å². The van der Waals surface area contributed by atoms with Crippen LogP contribution < -0.4 is 0 Å². The number of rotatable bonds is 8. The number of ether oxygens (including phenoxy) is 2. The summed E-state index contributed by atoms with van der Waals surface area (Å²) in [6.45, 7) is 4.21. The number of carbonyl (C=O) groups excluding carboxylic acids is 2. The summed E-state index contributed by atoms with van der Waals surface area (Å²) < 4.78 is 9.29. The lowest BCUT2D eigenvalue weighted by atomic mass is 9.88. The minimum Gasteiger partial charge on any atom is -0.468 e. The topological polar surface area (TPSA) is 52.6 Å². The molecule has 4 nitrogen and oxygen atoms in total. The quantitative estimate of drug-likeness (QED) is 0.486. The van der Waals surface area contributed by atoms with E-state index in [9.17, 15) is 9.59 Å². The number of unbranched alkanes of at least 4 members (excludes halogenated alkanes) is 1. The van der Waals surface area contributed by atoms with Crippen molar-refractivity contribution in [3.05, 3.63) is 0 Å². The van der Waals surface area contributed by atoms with Crippen LogP contribution in [0, 0.1) is 11.8 Å². The molecule has 0 rings (SSSR count). The van der Waals surface area contributed by atoms with Crippen LogP contribution in [0.4, 0.5) is 0 Å². The molecule has 0 spiro atoms. The van der Waals surface area contributed by atoms with E-state index in [0.29, 0.717) is 12.3 Å². The van der Waals surface area contributed by atoms with Crippen LogP contribution >= 0.6 is 0 Å². The van der Waals surface area contributed by atoms with Gasteiger partial charge >= 0.3 is 11.9 Å². The van der Waals surface area contributed by atoms with Gasteiger partial charge in [0.15, 0.2) is 5.92 Å². The molecule has 0 N–H and O–H groups in total. The number of hydrogen-bond acceptors (Lipinski definition) is 4. The fourth-order valence-electron chi connectivity index (χ4n) is 1.89. The van der Waals surface area contributed by atoms with Crippen LogP contribution in [-0.2, 0) is 19.1 Å². The van der Waals surface area contributed by atoms with Crippen molar-refractivity contribution >= 4 is 11.9 Å². The van der Waals surface area contributed by atoms with Crippen molar-refractivity contribution in [2.45, 2.75) is 46.0 Å². The van der Waals surface area contributed by atoms with Crippen molar-refractivity contribution in [1.29, 1.82) is 0 Å². The van der Waals surface area contributed by atoms with Crippen molar-refractivity contribution in [2.75, 3.05) is 14.2 Å². The molecule has 1 atom stereocenters. The second kappa shape index (κ2) is 9.02. The van der Waals surface area contributed by atoms with Gasteiger partial charge in [-0.15, -0.1) is 0 Å². The number of esters is 2. The molecule has 0 radical (unpaired) electrons. The van der Waals surface area contributed by atoms with Gasteiger partial charge in [0, 0.05) is 0 Å². The molecule has 1 unspecified atom stereocenters. The molecule has 0 amide bonds. The van der Waals surface area contributed by atoms with Gasteiger partial charge in [-0.3, -0.25) is 9.59 Å². The lowest BCUT2D eigenvalue weighted by molar-refractivity contribution is -0.159. The number of hydrogen-bond donors (Lipinski definition) is 0. The molecule has 0 bridgehead atoms. The summed E-state index contributed by atoms with van der Waals surface area (Å²) in [5.74, 6) is -1.39. The number of methoxy groups -OCH3 is 2. The van der Waals surface area contributed by atoms with Crippen molar-refractivity contribution < 1.29 is 19.1 Å². The molecule has 0 saturated heterocycles. The smallest absolute Gasteiger partial charge is 0.320 e. The van der Waals surface area contributed by atoms with E-state index < -0.39 is 17.9 Å². The summed E-state index contributed by atoms with van der Waals surface area (Å²) in [5.41, 5.74) is 0. The first-order chi connectivity index (χ1) is 8.10. The molecule has 0 aliphatic rings. The highest BCUT2D eigenvalue weighted by Crippen LogP contribution is 2.23. The molecule has 17 heavy (non-hydrogen) atoms. The Kier molecular flexibility index (Phi) is 8.46. The Bertz CT molecular complexity index is 222. The summed E-state index contributed by atoms with van der Waals surface area (Å²) in [6.07, 6.45) is 4.77. The summed E-state index contributed by atoms with van der Waals surface area (Å²) in [5, 5.41) is 0. The molecule has 0 aromatic rings. The van der Waals surface area contributed by atoms with Crippen LogP contribution in [0.15, 0.2) is 0 Å².